The number of hydrogen-bond acceptors (Lipinski definition) is 5. The lowest BCUT2D eigenvalue weighted by Crippen LogP contribution is -2.29. The number of H-pyrrole nitrogens is 1. The van der Waals surface area contributed by atoms with Gasteiger partial charge in [-0.05, 0) is 36.6 Å². The molecule has 0 bridgehead atoms. The molecule has 32 heavy (non-hydrogen) atoms. The fraction of sp³-hybridized carbons (Fsp3) is 0.375. The summed E-state index contributed by atoms with van der Waals surface area (Å²) < 4.78 is 6.95. The molecule has 1 saturated carbocycles. The Morgan fingerprint density at radius 1 is 1.22 bits per heavy atom. The van der Waals surface area contributed by atoms with Crippen LogP contribution in [0.1, 0.15) is 37.7 Å². The predicted octanol–water partition coefficient (Wildman–Crippen LogP) is 3.67. The Hall–Kier alpha value is -3.39. The van der Waals surface area contributed by atoms with Gasteiger partial charge in [-0.3, -0.25) is 9.48 Å². The molecule has 0 saturated heterocycles. The molecule has 0 unspecified atom stereocenters. The third kappa shape index (κ3) is 5.26. The highest BCUT2D eigenvalue weighted by molar-refractivity contribution is 6.03. The van der Waals surface area contributed by atoms with E-state index in [1.165, 1.54) is 19.3 Å². The number of aromatic nitrogens is 3. The maximum absolute atomic E-state index is 12.6. The van der Waals surface area contributed by atoms with Gasteiger partial charge in [-0.25, -0.2) is 4.99 Å². The van der Waals surface area contributed by atoms with Crippen LogP contribution in [-0.4, -0.2) is 40.4 Å². The predicted molar refractivity (Wildman–Crippen MR) is 127 cm³/mol. The zero-order valence-electron chi connectivity index (χ0n) is 18.4. The zero-order valence-corrected chi connectivity index (χ0v) is 18.4. The van der Waals surface area contributed by atoms with Crippen molar-refractivity contribution in [2.45, 2.75) is 44.7 Å². The topological polar surface area (TPSA) is 110 Å². The molecule has 0 atom stereocenters. The van der Waals surface area contributed by atoms with Gasteiger partial charge in [0, 0.05) is 31.1 Å². The van der Waals surface area contributed by atoms with E-state index in [-0.39, 0.29) is 11.4 Å². The Balaban J connectivity index is 1.53. The number of aromatic amines is 1. The lowest BCUT2D eigenvalue weighted by atomic mass is 9.95. The van der Waals surface area contributed by atoms with Crippen LogP contribution in [0.4, 0.5) is 11.4 Å². The molecular weight excluding hydrogens is 404 g/mol. The van der Waals surface area contributed by atoms with Crippen LogP contribution >= 0.6 is 0 Å². The third-order valence-electron chi connectivity index (χ3n) is 5.79. The summed E-state index contributed by atoms with van der Waals surface area (Å²) in [7, 11) is 1.67. The van der Waals surface area contributed by atoms with E-state index >= 15 is 0 Å². The highest BCUT2D eigenvalue weighted by Gasteiger charge is 2.17. The second kappa shape index (κ2) is 10.3. The highest BCUT2D eigenvalue weighted by atomic mass is 16.5. The number of anilines is 1. The van der Waals surface area contributed by atoms with Crippen molar-refractivity contribution in [3.8, 4) is 11.1 Å². The van der Waals surface area contributed by atoms with E-state index in [0.717, 1.165) is 29.7 Å². The zero-order chi connectivity index (χ0) is 22.3. The number of benzene rings is 1. The van der Waals surface area contributed by atoms with Gasteiger partial charge < -0.3 is 20.8 Å². The third-order valence-corrected chi connectivity index (χ3v) is 5.79. The minimum Gasteiger partial charge on any atom is -0.383 e. The summed E-state index contributed by atoms with van der Waals surface area (Å²) >= 11 is 0. The second-order valence-electron chi connectivity index (χ2n) is 8.10. The molecule has 168 valence electrons. The Morgan fingerprint density at radius 3 is 2.75 bits per heavy atom. The summed E-state index contributed by atoms with van der Waals surface area (Å²) in [5, 5.41) is 7.86. The molecule has 0 aliphatic heterocycles. The first kappa shape index (κ1) is 21.8. The van der Waals surface area contributed by atoms with Gasteiger partial charge in [-0.1, -0.05) is 31.4 Å². The molecule has 4 N–H and O–H groups in total. The number of rotatable bonds is 8. The van der Waals surface area contributed by atoms with Gasteiger partial charge in [0.2, 0.25) is 0 Å². The number of nitrogens with one attached hydrogen (secondary N) is 2. The number of methoxy groups -OCH3 is 1. The fourth-order valence-corrected chi connectivity index (χ4v) is 4.06. The molecule has 0 spiro atoms. The summed E-state index contributed by atoms with van der Waals surface area (Å²) in [6, 6.07) is 9.94. The van der Waals surface area contributed by atoms with E-state index in [9.17, 15) is 4.79 Å². The van der Waals surface area contributed by atoms with E-state index in [0.29, 0.717) is 30.4 Å². The van der Waals surface area contributed by atoms with Crippen LogP contribution in [0.15, 0.2) is 58.7 Å². The Labute approximate surface area is 187 Å². The van der Waals surface area contributed by atoms with Gasteiger partial charge in [-0.2, -0.15) is 5.10 Å². The summed E-state index contributed by atoms with van der Waals surface area (Å²) in [6.07, 6.45) is 11.3. The average molecular weight is 435 g/mol. The standard InChI is InChI=1S/C24H30N6O2/c1-32-14-13-30-16-18(15-27-30)17-7-9-20(10-8-17)29-23(25)22-21(11-12-26-24(22)31)28-19-5-3-2-4-6-19/h7-12,15-16,19H,2-6,13-14H2,1H3,(H2,25,29)(H2,26,28,31). The fourth-order valence-electron chi connectivity index (χ4n) is 4.06. The summed E-state index contributed by atoms with van der Waals surface area (Å²) in [5.74, 6) is 0.199. The first-order chi connectivity index (χ1) is 15.6. The van der Waals surface area contributed by atoms with E-state index in [2.05, 4.69) is 20.4 Å². The van der Waals surface area contributed by atoms with Crippen molar-refractivity contribution < 1.29 is 4.74 Å². The minimum absolute atomic E-state index is 0.199. The molecule has 8 heteroatoms. The molecule has 2 heterocycles. The van der Waals surface area contributed by atoms with Crippen molar-refractivity contribution in [3.63, 3.8) is 0 Å². The number of hydrogen-bond donors (Lipinski definition) is 3. The molecule has 0 amide bonds. The molecule has 1 aliphatic rings. The Bertz CT molecular complexity index is 1110. The first-order valence-corrected chi connectivity index (χ1v) is 11.1. The largest absolute Gasteiger partial charge is 0.383 e. The lowest BCUT2D eigenvalue weighted by molar-refractivity contribution is 0.183. The first-order valence-electron chi connectivity index (χ1n) is 11.1. The molecule has 1 aliphatic carbocycles. The second-order valence-corrected chi connectivity index (χ2v) is 8.10. The van der Waals surface area contributed by atoms with Crippen LogP contribution in [0.3, 0.4) is 0 Å². The number of pyridine rings is 1. The molecule has 1 aromatic carbocycles. The number of nitrogens with zero attached hydrogens (tertiary/aromatic N) is 3. The summed E-state index contributed by atoms with van der Waals surface area (Å²) in [6.45, 7) is 1.32. The van der Waals surface area contributed by atoms with Crippen LogP contribution in [0.5, 0.6) is 0 Å². The number of nitrogens with two attached hydrogens (primary N) is 1. The average Bonchev–Trinajstić information content (AvgIpc) is 3.28. The maximum Gasteiger partial charge on any atom is 0.261 e. The molecule has 2 aromatic heterocycles. The summed E-state index contributed by atoms with van der Waals surface area (Å²) in [4.78, 5) is 19.8. The number of amidine groups is 1. The van der Waals surface area contributed by atoms with Gasteiger partial charge in [0.25, 0.3) is 5.56 Å². The van der Waals surface area contributed by atoms with Crippen molar-refractivity contribution in [2.24, 2.45) is 10.7 Å². The maximum atomic E-state index is 12.6. The molecule has 1 fully saturated rings. The molecule has 3 aromatic rings. The molecular formula is C24H30N6O2. The smallest absolute Gasteiger partial charge is 0.261 e. The van der Waals surface area contributed by atoms with Gasteiger partial charge in [0.15, 0.2) is 0 Å². The van der Waals surface area contributed by atoms with Crippen molar-refractivity contribution in [3.05, 3.63) is 64.8 Å². The van der Waals surface area contributed by atoms with Gasteiger partial charge in [-0.15, -0.1) is 0 Å². The number of aliphatic imine (C=N–C) groups is 1. The Kier molecular flexibility index (Phi) is 7.01. The lowest BCUT2D eigenvalue weighted by Gasteiger charge is -2.24. The van der Waals surface area contributed by atoms with E-state index in [4.69, 9.17) is 10.5 Å². The van der Waals surface area contributed by atoms with Crippen LogP contribution < -0.4 is 16.6 Å². The van der Waals surface area contributed by atoms with Crippen LogP contribution in [-0.2, 0) is 11.3 Å². The molecule has 4 rings (SSSR count). The summed E-state index contributed by atoms with van der Waals surface area (Å²) in [5.41, 5.74) is 9.92. The quantitative estimate of drug-likeness (QED) is 0.370. The SMILES string of the molecule is COCCn1cc(-c2ccc(N=C(N)c3c(NC4CCCCC4)cc[nH]c3=O)cc2)cn1. The van der Waals surface area contributed by atoms with Crippen LogP contribution in [0, 0.1) is 0 Å². The van der Waals surface area contributed by atoms with Gasteiger partial charge >= 0.3 is 0 Å². The van der Waals surface area contributed by atoms with Crippen LogP contribution in [0.25, 0.3) is 11.1 Å². The van der Waals surface area contributed by atoms with Crippen molar-refractivity contribution >= 4 is 17.2 Å². The Morgan fingerprint density at radius 2 is 2.00 bits per heavy atom. The molecule has 8 nitrogen and oxygen atoms in total. The van der Waals surface area contributed by atoms with Crippen molar-refractivity contribution in [2.75, 3.05) is 19.0 Å². The normalized spacial score (nSPS) is 15.1. The number of ether oxygens (including phenoxy) is 1. The van der Waals surface area contributed by atoms with Crippen LogP contribution in [0.2, 0.25) is 0 Å². The van der Waals surface area contributed by atoms with Crippen molar-refractivity contribution in [1.29, 1.82) is 0 Å². The van der Waals surface area contributed by atoms with E-state index < -0.39 is 0 Å². The van der Waals surface area contributed by atoms with E-state index in [1.54, 1.807) is 13.3 Å². The minimum atomic E-state index is -0.243. The highest BCUT2D eigenvalue weighted by Crippen LogP contribution is 2.25. The van der Waals surface area contributed by atoms with Gasteiger partial charge in [0.05, 0.1) is 30.7 Å². The van der Waals surface area contributed by atoms with Crippen molar-refractivity contribution in [1.82, 2.24) is 14.8 Å². The van der Waals surface area contributed by atoms with E-state index in [1.807, 2.05) is 47.4 Å². The molecule has 0 radical (unpaired) electrons. The van der Waals surface area contributed by atoms with Gasteiger partial charge in [0.1, 0.15) is 11.4 Å². The monoisotopic (exact) mass is 434 g/mol.